The van der Waals surface area contributed by atoms with Gasteiger partial charge in [0.25, 0.3) is 0 Å². The summed E-state index contributed by atoms with van der Waals surface area (Å²) in [4.78, 5) is 16.6. The number of aromatic nitrogens is 1. The standard InChI is InChI=1S/C22H24N2O3S/c1-3-26-18-11-9-17(10-12-18)20-15-28-22(23-20)24-21(25)8-5-13-27-19-7-4-6-16(2)14-19/h4,6-7,9-12,14-15H,3,5,8,13H2,1-2H3,(H,23,24,25). The number of amides is 1. The number of nitrogens with one attached hydrogen (secondary N) is 1. The number of hydrogen-bond acceptors (Lipinski definition) is 5. The summed E-state index contributed by atoms with van der Waals surface area (Å²) in [7, 11) is 0. The summed E-state index contributed by atoms with van der Waals surface area (Å²) < 4.78 is 11.1. The Labute approximate surface area is 169 Å². The molecule has 28 heavy (non-hydrogen) atoms. The van der Waals surface area contributed by atoms with Crippen LogP contribution in [0.1, 0.15) is 25.3 Å². The molecule has 3 rings (SSSR count). The van der Waals surface area contributed by atoms with Crippen molar-refractivity contribution in [1.82, 2.24) is 4.98 Å². The van der Waals surface area contributed by atoms with Gasteiger partial charge in [-0.15, -0.1) is 11.3 Å². The van der Waals surface area contributed by atoms with E-state index in [2.05, 4.69) is 10.3 Å². The van der Waals surface area contributed by atoms with E-state index in [0.717, 1.165) is 28.3 Å². The Morgan fingerprint density at radius 3 is 2.68 bits per heavy atom. The number of rotatable bonds is 9. The zero-order valence-corrected chi connectivity index (χ0v) is 16.9. The van der Waals surface area contributed by atoms with Crippen molar-refractivity contribution in [3.05, 3.63) is 59.5 Å². The molecule has 0 aliphatic rings. The van der Waals surface area contributed by atoms with Gasteiger partial charge in [-0.25, -0.2) is 4.98 Å². The van der Waals surface area contributed by atoms with E-state index in [-0.39, 0.29) is 5.91 Å². The molecule has 2 aromatic carbocycles. The zero-order valence-electron chi connectivity index (χ0n) is 16.1. The topological polar surface area (TPSA) is 60.5 Å². The van der Waals surface area contributed by atoms with Crippen LogP contribution in [-0.4, -0.2) is 24.1 Å². The van der Waals surface area contributed by atoms with E-state index in [9.17, 15) is 4.79 Å². The number of aryl methyl sites for hydroxylation is 1. The minimum atomic E-state index is -0.0552. The van der Waals surface area contributed by atoms with Gasteiger partial charge in [0, 0.05) is 17.4 Å². The van der Waals surface area contributed by atoms with Gasteiger partial charge >= 0.3 is 0 Å². The molecule has 0 unspecified atom stereocenters. The number of benzene rings is 2. The van der Waals surface area contributed by atoms with Crippen molar-refractivity contribution in [3.63, 3.8) is 0 Å². The number of nitrogens with zero attached hydrogens (tertiary/aromatic N) is 1. The van der Waals surface area contributed by atoms with E-state index in [1.165, 1.54) is 11.3 Å². The molecule has 0 aliphatic heterocycles. The molecule has 0 saturated heterocycles. The second-order valence-electron chi connectivity index (χ2n) is 6.31. The van der Waals surface area contributed by atoms with Crippen LogP contribution in [0.3, 0.4) is 0 Å². The SMILES string of the molecule is CCOc1ccc(-c2csc(NC(=O)CCCOc3cccc(C)c3)n2)cc1. The predicted molar refractivity (Wildman–Crippen MR) is 113 cm³/mol. The van der Waals surface area contributed by atoms with Gasteiger partial charge in [-0.2, -0.15) is 0 Å². The molecule has 0 spiro atoms. The Kier molecular flexibility index (Phi) is 7.03. The lowest BCUT2D eigenvalue weighted by molar-refractivity contribution is -0.116. The fourth-order valence-electron chi connectivity index (χ4n) is 2.66. The van der Waals surface area contributed by atoms with Crippen LogP contribution in [0.15, 0.2) is 53.9 Å². The van der Waals surface area contributed by atoms with E-state index < -0.39 is 0 Å². The third-order valence-electron chi connectivity index (χ3n) is 4.02. The molecule has 1 aromatic heterocycles. The van der Waals surface area contributed by atoms with Crippen molar-refractivity contribution in [3.8, 4) is 22.8 Å². The molecule has 0 radical (unpaired) electrons. The average Bonchev–Trinajstić information content (AvgIpc) is 3.14. The number of ether oxygens (including phenoxy) is 2. The van der Waals surface area contributed by atoms with Gasteiger partial charge in [0.2, 0.25) is 5.91 Å². The summed E-state index contributed by atoms with van der Waals surface area (Å²) in [6, 6.07) is 15.7. The number of carbonyl (C=O) groups is 1. The molecule has 1 heterocycles. The van der Waals surface area contributed by atoms with Crippen LogP contribution < -0.4 is 14.8 Å². The molecule has 0 fully saturated rings. The molecular formula is C22H24N2O3S. The smallest absolute Gasteiger partial charge is 0.226 e. The number of thiazole rings is 1. The van der Waals surface area contributed by atoms with Crippen LogP contribution in [0.2, 0.25) is 0 Å². The van der Waals surface area contributed by atoms with Crippen molar-refractivity contribution in [2.45, 2.75) is 26.7 Å². The maximum Gasteiger partial charge on any atom is 0.226 e. The third-order valence-corrected chi connectivity index (χ3v) is 4.78. The van der Waals surface area contributed by atoms with E-state index in [0.29, 0.717) is 31.2 Å². The first-order valence-electron chi connectivity index (χ1n) is 9.32. The van der Waals surface area contributed by atoms with Gasteiger partial charge in [0.1, 0.15) is 11.5 Å². The molecule has 0 aliphatic carbocycles. The van der Waals surface area contributed by atoms with E-state index in [1.54, 1.807) is 0 Å². The van der Waals surface area contributed by atoms with Crippen LogP contribution in [0.4, 0.5) is 5.13 Å². The highest BCUT2D eigenvalue weighted by molar-refractivity contribution is 7.14. The minimum Gasteiger partial charge on any atom is -0.494 e. The van der Waals surface area contributed by atoms with Crippen molar-refractivity contribution in [2.24, 2.45) is 0 Å². The molecular weight excluding hydrogens is 372 g/mol. The Balaban J connectivity index is 1.44. The largest absolute Gasteiger partial charge is 0.494 e. The van der Waals surface area contributed by atoms with Gasteiger partial charge < -0.3 is 14.8 Å². The Hall–Kier alpha value is -2.86. The summed E-state index contributed by atoms with van der Waals surface area (Å²) in [5, 5.41) is 5.40. The van der Waals surface area contributed by atoms with E-state index >= 15 is 0 Å². The van der Waals surface area contributed by atoms with Crippen molar-refractivity contribution < 1.29 is 14.3 Å². The van der Waals surface area contributed by atoms with Crippen LogP contribution in [0.25, 0.3) is 11.3 Å². The maximum atomic E-state index is 12.1. The van der Waals surface area contributed by atoms with Gasteiger partial charge in [-0.05, 0) is 62.2 Å². The Bertz CT molecular complexity index is 906. The van der Waals surface area contributed by atoms with E-state index in [1.807, 2.05) is 67.8 Å². The van der Waals surface area contributed by atoms with Crippen LogP contribution in [-0.2, 0) is 4.79 Å². The summed E-state index contributed by atoms with van der Waals surface area (Å²) in [6.07, 6.45) is 1.04. The molecule has 146 valence electrons. The Morgan fingerprint density at radius 1 is 1.11 bits per heavy atom. The molecule has 1 amide bonds. The molecule has 0 saturated carbocycles. The lowest BCUT2D eigenvalue weighted by Gasteiger charge is -2.06. The lowest BCUT2D eigenvalue weighted by Crippen LogP contribution is -2.12. The molecule has 3 aromatic rings. The first kappa shape index (κ1) is 19.9. The first-order chi connectivity index (χ1) is 13.6. The van der Waals surface area contributed by atoms with Gasteiger partial charge in [-0.1, -0.05) is 12.1 Å². The number of carbonyl (C=O) groups excluding carboxylic acids is 1. The fraction of sp³-hybridized carbons (Fsp3) is 0.273. The third kappa shape index (κ3) is 5.82. The summed E-state index contributed by atoms with van der Waals surface area (Å²) in [6.45, 7) is 5.13. The van der Waals surface area contributed by atoms with Gasteiger partial charge in [0.05, 0.1) is 18.9 Å². The second kappa shape index (κ2) is 9.90. The molecule has 0 atom stereocenters. The van der Waals surface area contributed by atoms with Crippen molar-refractivity contribution >= 4 is 22.4 Å². The van der Waals surface area contributed by atoms with Crippen LogP contribution in [0, 0.1) is 6.92 Å². The highest BCUT2D eigenvalue weighted by Crippen LogP contribution is 2.26. The summed E-state index contributed by atoms with van der Waals surface area (Å²) >= 11 is 1.42. The minimum absolute atomic E-state index is 0.0552. The van der Waals surface area contributed by atoms with Gasteiger partial charge in [0.15, 0.2) is 5.13 Å². The number of hydrogen-bond donors (Lipinski definition) is 1. The molecule has 0 bridgehead atoms. The average molecular weight is 397 g/mol. The summed E-state index contributed by atoms with van der Waals surface area (Å²) in [5.74, 6) is 1.61. The fourth-order valence-corrected chi connectivity index (χ4v) is 3.40. The van der Waals surface area contributed by atoms with Crippen molar-refractivity contribution in [1.29, 1.82) is 0 Å². The quantitative estimate of drug-likeness (QED) is 0.498. The second-order valence-corrected chi connectivity index (χ2v) is 7.17. The lowest BCUT2D eigenvalue weighted by atomic mass is 10.2. The van der Waals surface area contributed by atoms with Crippen LogP contribution in [0.5, 0.6) is 11.5 Å². The normalized spacial score (nSPS) is 10.5. The van der Waals surface area contributed by atoms with E-state index in [4.69, 9.17) is 9.47 Å². The predicted octanol–water partition coefficient (Wildman–Crippen LogP) is 5.31. The first-order valence-corrected chi connectivity index (χ1v) is 10.2. The molecule has 5 nitrogen and oxygen atoms in total. The molecule has 1 N–H and O–H groups in total. The molecule has 6 heteroatoms. The van der Waals surface area contributed by atoms with Gasteiger partial charge in [-0.3, -0.25) is 4.79 Å². The highest BCUT2D eigenvalue weighted by atomic mass is 32.1. The maximum absolute atomic E-state index is 12.1. The van der Waals surface area contributed by atoms with Crippen molar-refractivity contribution in [2.75, 3.05) is 18.5 Å². The number of anilines is 1. The monoisotopic (exact) mass is 396 g/mol. The zero-order chi connectivity index (χ0) is 19.8. The highest BCUT2D eigenvalue weighted by Gasteiger charge is 2.08. The summed E-state index contributed by atoms with van der Waals surface area (Å²) in [5.41, 5.74) is 2.99. The Morgan fingerprint density at radius 2 is 1.93 bits per heavy atom. The van der Waals surface area contributed by atoms with Crippen LogP contribution >= 0.6 is 11.3 Å².